The molecule has 2 rings (SSSR count). The first-order valence-corrected chi connectivity index (χ1v) is 6.36. The lowest BCUT2D eigenvalue weighted by Crippen LogP contribution is -2.49. The SMILES string of the molecule is CC1(C)CC(CO)CCN1Cc1cccnc1. The molecule has 0 spiro atoms. The number of likely N-dealkylation sites (tertiary alicyclic amines) is 1. The van der Waals surface area contributed by atoms with Crippen molar-refractivity contribution in [2.24, 2.45) is 5.92 Å². The second-order valence-electron chi connectivity index (χ2n) is 5.64. The molecule has 1 saturated heterocycles. The highest BCUT2D eigenvalue weighted by Crippen LogP contribution is 2.32. The van der Waals surface area contributed by atoms with Gasteiger partial charge in [0.2, 0.25) is 0 Å². The summed E-state index contributed by atoms with van der Waals surface area (Å²) in [6, 6.07) is 4.12. The summed E-state index contributed by atoms with van der Waals surface area (Å²) in [6.07, 6.45) is 5.92. The Labute approximate surface area is 103 Å². The van der Waals surface area contributed by atoms with Crippen LogP contribution in [-0.2, 0) is 6.54 Å². The second-order valence-corrected chi connectivity index (χ2v) is 5.64. The Kier molecular flexibility index (Phi) is 3.79. The summed E-state index contributed by atoms with van der Waals surface area (Å²) in [4.78, 5) is 6.66. The van der Waals surface area contributed by atoms with Crippen LogP contribution in [0.3, 0.4) is 0 Å². The third kappa shape index (κ3) is 3.05. The van der Waals surface area contributed by atoms with Crippen molar-refractivity contribution in [3.8, 4) is 0 Å². The Bertz CT molecular complexity index is 350. The monoisotopic (exact) mass is 234 g/mol. The van der Waals surface area contributed by atoms with Crippen molar-refractivity contribution < 1.29 is 5.11 Å². The highest BCUT2D eigenvalue weighted by molar-refractivity contribution is 5.09. The summed E-state index contributed by atoms with van der Waals surface area (Å²) < 4.78 is 0. The van der Waals surface area contributed by atoms with Gasteiger partial charge >= 0.3 is 0 Å². The van der Waals surface area contributed by atoms with Crippen LogP contribution in [-0.4, -0.2) is 33.7 Å². The molecule has 17 heavy (non-hydrogen) atoms. The minimum absolute atomic E-state index is 0.168. The maximum absolute atomic E-state index is 9.27. The maximum atomic E-state index is 9.27. The molecule has 1 aromatic heterocycles. The normalized spacial score (nSPS) is 24.8. The van der Waals surface area contributed by atoms with Gasteiger partial charge in [0.25, 0.3) is 0 Å². The molecular weight excluding hydrogens is 212 g/mol. The van der Waals surface area contributed by atoms with Crippen LogP contribution in [0, 0.1) is 5.92 Å². The smallest absolute Gasteiger partial charge is 0.0460 e. The Balaban J connectivity index is 2.02. The Morgan fingerprint density at radius 2 is 2.35 bits per heavy atom. The predicted octanol–water partition coefficient (Wildman–Crippen LogP) is 2.06. The lowest BCUT2D eigenvalue weighted by atomic mass is 9.83. The van der Waals surface area contributed by atoms with Gasteiger partial charge in [-0.3, -0.25) is 9.88 Å². The van der Waals surface area contributed by atoms with Crippen molar-refractivity contribution in [2.45, 2.75) is 38.8 Å². The second kappa shape index (κ2) is 5.15. The number of hydrogen-bond donors (Lipinski definition) is 1. The van der Waals surface area contributed by atoms with Crippen LogP contribution >= 0.6 is 0 Å². The van der Waals surface area contributed by atoms with Crippen molar-refractivity contribution in [1.29, 1.82) is 0 Å². The molecule has 2 heterocycles. The quantitative estimate of drug-likeness (QED) is 0.869. The highest BCUT2D eigenvalue weighted by atomic mass is 16.3. The van der Waals surface area contributed by atoms with Crippen LogP contribution < -0.4 is 0 Å². The summed E-state index contributed by atoms with van der Waals surface area (Å²) in [7, 11) is 0. The van der Waals surface area contributed by atoms with Gasteiger partial charge in [-0.1, -0.05) is 6.07 Å². The summed E-state index contributed by atoms with van der Waals surface area (Å²) in [5, 5.41) is 9.27. The molecule has 94 valence electrons. The van der Waals surface area contributed by atoms with Crippen LogP contribution in [0.15, 0.2) is 24.5 Å². The van der Waals surface area contributed by atoms with Gasteiger partial charge in [-0.2, -0.15) is 0 Å². The first-order chi connectivity index (χ1) is 8.12. The number of nitrogens with zero attached hydrogens (tertiary/aromatic N) is 2. The van der Waals surface area contributed by atoms with E-state index in [4.69, 9.17) is 0 Å². The van der Waals surface area contributed by atoms with Crippen molar-refractivity contribution >= 4 is 0 Å². The Hall–Kier alpha value is -0.930. The summed E-state index contributed by atoms with van der Waals surface area (Å²) in [6.45, 7) is 6.88. The number of aromatic nitrogens is 1. The number of piperidine rings is 1. The van der Waals surface area contributed by atoms with Crippen LogP contribution in [0.25, 0.3) is 0 Å². The molecule has 0 aromatic carbocycles. The molecule has 3 heteroatoms. The number of aliphatic hydroxyl groups excluding tert-OH is 1. The van der Waals surface area contributed by atoms with Gasteiger partial charge < -0.3 is 5.11 Å². The van der Waals surface area contributed by atoms with Crippen molar-refractivity contribution in [3.63, 3.8) is 0 Å². The maximum Gasteiger partial charge on any atom is 0.0460 e. The third-order valence-electron chi connectivity index (χ3n) is 3.81. The van der Waals surface area contributed by atoms with E-state index in [1.54, 1.807) is 0 Å². The predicted molar refractivity (Wildman–Crippen MR) is 68.5 cm³/mol. The lowest BCUT2D eigenvalue weighted by molar-refractivity contribution is 0.0215. The zero-order valence-corrected chi connectivity index (χ0v) is 10.8. The van der Waals surface area contributed by atoms with E-state index in [1.165, 1.54) is 5.56 Å². The fourth-order valence-corrected chi connectivity index (χ4v) is 2.74. The molecule has 1 aliphatic heterocycles. The summed E-state index contributed by atoms with van der Waals surface area (Å²) >= 11 is 0. The van der Waals surface area contributed by atoms with Gasteiger partial charge in [-0.25, -0.2) is 0 Å². The Morgan fingerprint density at radius 1 is 1.53 bits per heavy atom. The molecule has 0 aliphatic carbocycles. The molecule has 0 saturated carbocycles. The van der Waals surface area contributed by atoms with Crippen LogP contribution in [0.1, 0.15) is 32.3 Å². The van der Waals surface area contributed by atoms with E-state index in [0.29, 0.717) is 12.5 Å². The summed E-state index contributed by atoms with van der Waals surface area (Å²) in [5.74, 6) is 0.468. The molecule has 1 aliphatic rings. The van der Waals surface area contributed by atoms with Gasteiger partial charge in [0.15, 0.2) is 0 Å². The molecule has 0 bridgehead atoms. The summed E-state index contributed by atoms with van der Waals surface area (Å²) in [5.41, 5.74) is 1.43. The zero-order chi connectivity index (χ0) is 12.3. The van der Waals surface area contributed by atoms with Gasteiger partial charge in [0, 0.05) is 31.1 Å². The van der Waals surface area contributed by atoms with Gasteiger partial charge in [-0.15, -0.1) is 0 Å². The first kappa shape index (κ1) is 12.5. The minimum Gasteiger partial charge on any atom is -0.396 e. The van der Waals surface area contributed by atoms with Crippen LogP contribution in [0.2, 0.25) is 0 Å². The Morgan fingerprint density at radius 3 is 2.94 bits per heavy atom. The molecule has 1 aromatic rings. The third-order valence-corrected chi connectivity index (χ3v) is 3.81. The van der Waals surface area contributed by atoms with Crippen molar-refractivity contribution in [1.82, 2.24) is 9.88 Å². The average Bonchev–Trinajstić information content (AvgIpc) is 2.33. The van der Waals surface area contributed by atoms with Crippen molar-refractivity contribution in [3.05, 3.63) is 30.1 Å². The molecular formula is C14H22N2O. The largest absolute Gasteiger partial charge is 0.396 e. The number of hydrogen-bond acceptors (Lipinski definition) is 3. The van der Waals surface area contributed by atoms with Gasteiger partial charge in [-0.05, 0) is 50.8 Å². The highest BCUT2D eigenvalue weighted by Gasteiger charge is 2.34. The van der Waals surface area contributed by atoms with Gasteiger partial charge in [0.05, 0.1) is 0 Å². The van der Waals surface area contributed by atoms with E-state index >= 15 is 0 Å². The lowest BCUT2D eigenvalue weighted by Gasteiger charge is -2.45. The first-order valence-electron chi connectivity index (χ1n) is 6.36. The fraction of sp³-hybridized carbons (Fsp3) is 0.643. The number of pyridine rings is 1. The van der Waals surface area contributed by atoms with E-state index in [1.807, 2.05) is 18.5 Å². The molecule has 1 atom stereocenters. The number of aliphatic hydroxyl groups is 1. The fourth-order valence-electron chi connectivity index (χ4n) is 2.74. The average molecular weight is 234 g/mol. The number of rotatable bonds is 3. The molecule has 3 nitrogen and oxygen atoms in total. The van der Waals surface area contributed by atoms with E-state index < -0.39 is 0 Å². The van der Waals surface area contributed by atoms with E-state index in [0.717, 1.165) is 25.9 Å². The zero-order valence-electron chi connectivity index (χ0n) is 10.8. The van der Waals surface area contributed by atoms with Crippen molar-refractivity contribution in [2.75, 3.05) is 13.2 Å². The van der Waals surface area contributed by atoms with Crippen LogP contribution in [0.5, 0.6) is 0 Å². The van der Waals surface area contributed by atoms with Crippen LogP contribution in [0.4, 0.5) is 0 Å². The molecule has 1 unspecified atom stereocenters. The topological polar surface area (TPSA) is 36.4 Å². The van der Waals surface area contributed by atoms with E-state index in [-0.39, 0.29) is 5.54 Å². The minimum atomic E-state index is 0.168. The molecule has 0 amide bonds. The van der Waals surface area contributed by atoms with E-state index in [9.17, 15) is 5.11 Å². The standard InChI is InChI=1S/C14H22N2O/c1-14(2)8-12(11-17)5-7-16(14)10-13-4-3-6-15-9-13/h3-4,6,9,12,17H,5,7-8,10-11H2,1-2H3. The van der Waals surface area contributed by atoms with E-state index in [2.05, 4.69) is 29.8 Å². The molecule has 0 radical (unpaired) electrons. The molecule has 1 fully saturated rings. The van der Waals surface area contributed by atoms with Gasteiger partial charge in [0.1, 0.15) is 0 Å². The molecule has 1 N–H and O–H groups in total.